The number of aliphatic hydroxyl groups excluding tert-OH is 2. The predicted molar refractivity (Wildman–Crippen MR) is 254 cm³/mol. The van der Waals surface area contributed by atoms with E-state index in [1.165, 1.54) is 7.11 Å². The lowest BCUT2D eigenvalue weighted by Crippen LogP contribution is -2.70. The Morgan fingerprint density at radius 2 is 1.74 bits per heavy atom. The van der Waals surface area contributed by atoms with Crippen LogP contribution in [0.4, 0.5) is 15.3 Å². The monoisotopic (exact) mass is 955 g/mol. The number of methoxy groups -OCH3 is 2. The van der Waals surface area contributed by atoms with Gasteiger partial charge in [0.1, 0.15) is 29.0 Å². The Labute approximate surface area is 403 Å². The molecule has 3 aromatic rings. The number of oxime groups is 1. The number of carbonyl (C=O) groups excluding carboxylic acids is 2. The van der Waals surface area contributed by atoms with Crippen molar-refractivity contribution in [1.82, 2.24) is 4.90 Å². The Morgan fingerprint density at radius 3 is 2.49 bits per heavy atom. The Kier molecular flexibility index (Phi) is 16.5. The van der Waals surface area contributed by atoms with Crippen LogP contribution in [0, 0.1) is 17.8 Å². The van der Waals surface area contributed by atoms with E-state index in [0.717, 1.165) is 42.4 Å². The van der Waals surface area contributed by atoms with Crippen LogP contribution in [0.15, 0.2) is 84.1 Å². The largest absolute Gasteiger partial charge is 0.497 e. The molecule has 7 atom stereocenters. The van der Waals surface area contributed by atoms with Crippen LogP contribution in [0.25, 0.3) is 0 Å². The lowest BCUT2D eigenvalue weighted by molar-refractivity contribution is -0.256. The van der Waals surface area contributed by atoms with Crippen LogP contribution in [0.3, 0.4) is 0 Å². The van der Waals surface area contributed by atoms with Crippen molar-refractivity contribution in [3.05, 3.63) is 90.0 Å². The highest BCUT2D eigenvalue weighted by Gasteiger charge is 2.66. The maximum atomic E-state index is 14.7. The standard InChI is InChI=1S/C52H65N3O14/c1-5-24-66-52-46(55(51(59)62-6-2)31-33-16-20-43-45(26-33)65-32-64-43)30-41(54-69-47-15-9-12-25-63-47)38-27-34(13-7-10-22-56)37(14-8-11-23-57)48(49(38)52)39-28-36(18-21-42(39)68-52)67-50(58)53-40-19-17-35(60-3)29-44(40)61-4/h5,16-21,26-29,34,37,46-49,56-57H,1,6-15,22-25,30-32H2,2-4H3,(H,53,58)/t34-,37+,46-,47?,48+,49+,52+/m0/s1. The molecule has 3 aromatic carbocycles. The average Bonchev–Trinajstić information content (AvgIpc) is 3.84. The number of aliphatic hydroxyl groups is 2. The highest BCUT2D eigenvalue weighted by atomic mass is 16.8. The number of rotatable bonds is 21. The number of anilines is 1. The zero-order valence-electron chi connectivity index (χ0n) is 39.7. The molecule has 8 rings (SSSR count). The third-order valence-electron chi connectivity index (χ3n) is 13.6. The van der Waals surface area contributed by atoms with E-state index >= 15 is 0 Å². The van der Waals surface area contributed by atoms with Gasteiger partial charge in [-0.25, -0.2) is 9.59 Å². The van der Waals surface area contributed by atoms with Crippen molar-refractivity contribution in [2.24, 2.45) is 22.9 Å². The molecule has 1 saturated heterocycles. The Bertz CT molecular complexity index is 2330. The number of benzene rings is 3. The summed E-state index contributed by atoms with van der Waals surface area (Å²) in [6.07, 6.45) is 8.86. The smallest absolute Gasteiger partial charge is 0.417 e. The molecule has 17 nitrogen and oxygen atoms in total. The van der Waals surface area contributed by atoms with E-state index in [1.807, 2.05) is 24.3 Å². The number of allylic oxidation sites excluding steroid dienone is 1. The molecule has 5 aliphatic rings. The van der Waals surface area contributed by atoms with Crippen LogP contribution >= 0.6 is 0 Å². The average molecular weight is 956 g/mol. The van der Waals surface area contributed by atoms with Gasteiger partial charge in [-0.05, 0) is 111 Å². The molecule has 0 aromatic heterocycles. The highest BCUT2D eigenvalue weighted by Crippen LogP contribution is 2.62. The maximum Gasteiger partial charge on any atom is 0.417 e. The third kappa shape index (κ3) is 10.9. The van der Waals surface area contributed by atoms with Crippen molar-refractivity contribution in [2.75, 3.05) is 59.4 Å². The van der Waals surface area contributed by atoms with E-state index in [-0.39, 0.29) is 63.8 Å². The number of hydrogen-bond acceptors (Lipinski definition) is 15. The molecule has 3 heterocycles. The number of nitrogens with one attached hydrogen (secondary N) is 1. The number of hydrogen-bond donors (Lipinski definition) is 3. The summed E-state index contributed by atoms with van der Waals surface area (Å²) in [7, 11) is 3.05. The van der Waals surface area contributed by atoms with E-state index < -0.39 is 42.1 Å². The minimum Gasteiger partial charge on any atom is -0.497 e. The zero-order chi connectivity index (χ0) is 48.3. The fourth-order valence-electron chi connectivity index (χ4n) is 10.5. The number of fused-ring (bicyclic) bond motifs is 3. The number of unbranched alkanes of at least 4 members (excludes halogenated alkanes) is 2. The molecule has 3 N–H and O–H groups in total. The molecular formula is C52H65N3O14. The molecular weight excluding hydrogens is 891 g/mol. The van der Waals surface area contributed by atoms with Gasteiger partial charge in [-0.2, -0.15) is 0 Å². The SMILES string of the molecule is C=CCO[C@@]12Oc3ccc(OC(=O)Nc4ccc(OC)cc4OC)cc3[C@H]3[C@H](CCCCO)[C@@H](CCCCO)C=C(C(=NOC4CCCCO4)C[C@@H]1N(Cc1ccc4c(c1)OCO4)C(=O)OCC)[C@H]32. The van der Waals surface area contributed by atoms with Crippen molar-refractivity contribution in [1.29, 1.82) is 0 Å². The molecule has 17 heteroatoms. The summed E-state index contributed by atoms with van der Waals surface area (Å²) in [4.78, 5) is 36.3. The van der Waals surface area contributed by atoms with Crippen molar-refractivity contribution >= 4 is 23.6 Å². The second-order valence-corrected chi connectivity index (χ2v) is 17.8. The minimum absolute atomic E-state index is 0.0308. The Balaban J connectivity index is 1.29. The van der Waals surface area contributed by atoms with Gasteiger partial charge in [0.15, 0.2) is 11.5 Å². The maximum absolute atomic E-state index is 14.7. The first-order chi connectivity index (χ1) is 33.7. The lowest BCUT2D eigenvalue weighted by Gasteiger charge is -2.59. The van der Waals surface area contributed by atoms with Gasteiger partial charge in [0.05, 0.1) is 51.4 Å². The quantitative estimate of drug-likeness (QED) is 0.0521. The van der Waals surface area contributed by atoms with Crippen molar-refractivity contribution < 1.29 is 67.3 Å². The third-order valence-corrected chi connectivity index (χ3v) is 13.6. The van der Waals surface area contributed by atoms with Gasteiger partial charge in [0.25, 0.3) is 0 Å². The van der Waals surface area contributed by atoms with Gasteiger partial charge in [0, 0.05) is 50.1 Å². The van der Waals surface area contributed by atoms with Crippen molar-refractivity contribution in [3.63, 3.8) is 0 Å². The molecule has 3 aliphatic heterocycles. The molecule has 2 aliphatic carbocycles. The molecule has 372 valence electrons. The first-order valence-electron chi connectivity index (χ1n) is 24.1. The Hall–Kier alpha value is -6.01. The highest BCUT2D eigenvalue weighted by molar-refractivity contribution is 6.03. The van der Waals surface area contributed by atoms with E-state index in [9.17, 15) is 19.8 Å². The molecule has 2 amide bonds. The zero-order valence-corrected chi connectivity index (χ0v) is 39.7. The van der Waals surface area contributed by atoms with Gasteiger partial charge >= 0.3 is 12.2 Å². The van der Waals surface area contributed by atoms with Gasteiger partial charge in [-0.15, -0.1) is 6.58 Å². The Morgan fingerprint density at radius 1 is 0.942 bits per heavy atom. The van der Waals surface area contributed by atoms with Gasteiger partial charge in [-0.1, -0.05) is 36.2 Å². The summed E-state index contributed by atoms with van der Waals surface area (Å²) in [5, 5.41) is 27.8. The van der Waals surface area contributed by atoms with Crippen LogP contribution in [0.5, 0.6) is 34.5 Å². The first kappa shape index (κ1) is 49.4. The molecule has 2 fully saturated rings. The second kappa shape index (κ2) is 23.1. The molecule has 0 spiro atoms. The van der Waals surface area contributed by atoms with E-state index in [4.69, 9.17) is 52.6 Å². The summed E-state index contributed by atoms with van der Waals surface area (Å²) in [6, 6.07) is 15.0. The fourth-order valence-corrected chi connectivity index (χ4v) is 10.5. The van der Waals surface area contributed by atoms with Crippen LogP contribution in [0.1, 0.15) is 88.2 Å². The number of carbonyl (C=O) groups is 2. The lowest BCUT2D eigenvalue weighted by atomic mass is 9.55. The number of nitrogens with zero attached hydrogens (tertiary/aromatic N) is 2. The topological polar surface area (TPSA) is 195 Å². The molecule has 0 radical (unpaired) electrons. The van der Waals surface area contributed by atoms with Crippen molar-refractivity contribution in [3.8, 4) is 34.5 Å². The van der Waals surface area contributed by atoms with Crippen LogP contribution < -0.4 is 33.7 Å². The normalized spacial score (nSPS) is 24.7. The summed E-state index contributed by atoms with van der Waals surface area (Å²) >= 11 is 0. The minimum atomic E-state index is -1.57. The summed E-state index contributed by atoms with van der Waals surface area (Å²) in [5.74, 6) is 0.149. The first-order valence-corrected chi connectivity index (χ1v) is 24.1. The van der Waals surface area contributed by atoms with E-state index in [0.29, 0.717) is 78.9 Å². The van der Waals surface area contributed by atoms with Crippen molar-refractivity contribution in [2.45, 2.75) is 102 Å². The fraction of sp³-hybridized carbons (Fsp3) is 0.519. The van der Waals surface area contributed by atoms with Crippen LogP contribution in [0.2, 0.25) is 0 Å². The number of ether oxygens (including phenoxy) is 9. The molecule has 0 bridgehead atoms. The summed E-state index contributed by atoms with van der Waals surface area (Å²) < 4.78 is 54.6. The van der Waals surface area contributed by atoms with E-state index in [2.05, 4.69) is 18.0 Å². The predicted octanol–water partition coefficient (Wildman–Crippen LogP) is 8.86. The molecule has 69 heavy (non-hydrogen) atoms. The molecule has 1 unspecified atom stereocenters. The summed E-state index contributed by atoms with van der Waals surface area (Å²) in [5.41, 5.74) is 3.37. The van der Waals surface area contributed by atoms with Crippen LogP contribution in [-0.2, 0) is 25.6 Å². The van der Waals surface area contributed by atoms with Crippen LogP contribution in [-0.4, -0.2) is 105 Å². The number of amides is 2. The second-order valence-electron chi connectivity index (χ2n) is 17.8. The van der Waals surface area contributed by atoms with Gasteiger partial charge < -0.3 is 57.7 Å². The molecule has 1 saturated carbocycles. The van der Waals surface area contributed by atoms with Gasteiger partial charge in [-0.3, -0.25) is 10.2 Å². The van der Waals surface area contributed by atoms with E-state index in [1.54, 1.807) is 55.3 Å². The summed E-state index contributed by atoms with van der Waals surface area (Å²) in [6.45, 7) is 6.79. The van der Waals surface area contributed by atoms with Gasteiger partial charge in [0.2, 0.25) is 18.9 Å².